The van der Waals surface area contributed by atoms with Crippen LogP contribution in [0.25, 0.3) is 0 Å². The third-order valence-electron chi connectivity index (χ3n) is 3.34. The van der Waals surface area contributed by atoms with E-state index in [1.807, 2.05) is 13.8 Å². The summed E-state index contributed by atoms with van der Waals surface area (Å²) in [6, 6.07) is -0.161. The third kappa shape index (κ3) is 6.62. The van der Waals surface area contributed by atoms with Gasteiger partial charge in [0.25, 0.3) is 0 Å². The predicted molar refractivity (Wildman–Crippen MR) is 80.2 cm³/mol. The van der Waals surface area contributed by atoms with Crippen molar-refractivity contribution in [3.63, 3.8) is 0 Å². The van der Waals surface area contributed by atoms with Crippen LogP contribution in [0, 0.1) is 17.8 Å². The van der Waals surface area contributed by atoms with Crippen molar-refractivity contribution < 1.29 is 14.7 Å². The molecule has 20 heavy (non-hydrogen) atoms. The number of piperidine rings is 1. The Morgan fingerprint density at radius 1 is 1.55 bits per heavy atom. The Balaban J connectivity index is 2.12. The van der Waals surface area contributed by atoms with Gasteiger partial charge in [-0.3, -0.25) is 14.3 Å². The number of hydrogen-bond donors (Lipinski definition) is 1. The van der Waals surface area contributed by atoms with Crippen molar-refractivity contribution in [2.24, 2.45) is 5.92 Å². The number of carbonyl (C=O) groups is 1. The summed E-state index contributed by atoms with van der Waals surface area (Å²) in [5, 5.41) is 9.97. The second-order valence-electron chi connectivity index (χ2n) is 4.94. The average Bonchev–Trinajstić information content (AvgIpc) is 2.49. The van der Waals surface area contributed by atoms with Crippen LogP contribution in [0.5, 0.6) is 0 Å². The first-order valence-electron chi connectivity index (χ1n) is 6.95. The Bertz CT molecular complexity index is 335. The summed E-state index contributed by atoms with van der Waals surface area (Å²) in [7, 11) is 0. The number of ether oxygens (including phenoxy) is 1. The van der Waals surface area contributed by atoms with E-state index in [0.29, 0.717) is 24.7 Å². The molecule has 1 rings (SSSR count). The molecule has 0 saturated carbocycles. The molecule has 1 fully saturated rings. The summed E-state index contributed by atoms with van der Waals surface area (Å²) < 4.78 is 7.82. The second kappa shape index (κ2) is 10.1. The minimum Gasteiger partial charge on any atom is -0.368 e. The Hall–Kier alpha value is -0.740. The van der Waals surface area contributed by atoms with Crippen molar-refractivity contribution in [3.05, 3.63) is 0 Å². The highest BCUT2D eigenvalue weighted by molar-refractivity contribution is 7.97. The lowest BCUT2D eigenvalue weighted by atomic mass is 9.99. The van der Waals surface area contributed by atoms with E-state index in [0.717, 1.165) is 37.6 Å². The van der Waals surface area contributed by atoms with Crippen molar-refractivity contribution in [3.8, 4) is 11.8 Å². The average molecular weight is 300 g/mol. The van der Waals surface area contributed by atoms with Crippen molar-refractivity contribution in [1.29, 1.82) is 0 Å². The fourth-order valence-electron chi connectivity index (χ4n) is 1.95. The standard InChI is InChI=1S/C14H24N2O3S/c1-3-4-9-19-10-14-5-7-15(8-6-14)20-11-13(2)16(18)12-17/h12-14,18H,5-11H2,1-2H3. The van der Waals surface area contributed by atoms with E-state index in [1.54, 1.807) is 11.9 Å². The van der Waals surface area contributed by atoms with Crippen LogP contribution in [-0.2, 0) is 9.53 Å². The lowest BCUT2D eigenvalue weighted by molar-refractivity contribution is -0.156. The van der Waals surface area contributed by atoms with Gasteiger partial charge in [0, 0.05) is 18.8 Å². The van der Waals surface area contributed by atoms with E-state index in [4.69, 9.17) is 4.74 Å². The van der Waals surface area contributed by atoms with E-state index in [9.17, 15) is 10.0 Å². The zero-order chi connectivity index (χ0) is 14.8. The van der Waals surface area contributed by atoms with Crippen molar-refractivity contribution in [2.75, 3.05) is 32.1 Å². The van der Waals surface area contributed by atoms with Crippen molar-refractivity contribution in [1.82, 2.24) is 9.37 Å². The SMILES string of the molecule is CC#CCOCC1CCN(SCC(C)N(O)C=O)CC1. The van der Waals surface area contributed by atoms with Gasteiger partial charge in [-0.05, 0) is 32.6 Å². The zero-order valence-corrected chi connectivity index (χ0v) is 13.1. The van der Waals surface area contributed by atoms with Crippen LogP contribution in [0.1, 0.15) is 26.7 Å². The first-order valence-corrected chi connectivity index (χ1v) is 7.89. The minimum absolute atomic E-state index is 0.161. The molecular formula is C14H24N2O3S. The van der Waals surface area contributed by atoms with Crippen LogP contribution in [0.2, 0.25) is 0 Å². The molecule has 1 heterocycles. The van der Waals surface area contributed by atoms with Crippen LogP contribution in [0.3, 0.4) is 0 Å². The van der Waals surface area contributed by atoms with E-state index < -0.39 is 0 Å². The first-order chi connectivity index (χ1) is 9.67. The van der Waals surface area contributed by atoms with Gasteiger partial charge >= 0.3 is 0 Å². The zero-order valence-electron chi connectivity index (χ0n) is 12.2. The highest BCUT2D eigenvalue weighted by Crippen LogP contribution is 2.23. The van der Waals surface area contributed by atoms with Gasteiger partial charge in [-0.1, -0.05) is 17.9 Å². The summed E-state index contributed by atoms with van der Waals surface area (Å²) in [6.45, 7) is 7.02. The molecule has 0 aromatic rings. The van der Waals surface area contributed by atoms with Gasteiger partial charge in [0.2, 0.25) is 6.41 Å². The molecule has 0 aromatic heterocycles. The van der Waals surface area contributed by atoms with Crippen molar-refractivity contribution >= 4 is 18.4 Å². The molecule has 1 N–H and O–H groups in total. The number of amides is 1. The number of rotatable bonds is 8. The molecule has 1 aliphatic heterocycles. The van der Waals surface area contributed by atoms with E-state index in [2.05, 4.69) is 16.1 Å². The largest absolute Gasteiger partial charge is 0.368 e. The maximum Gasteiger partial charge on any atom is 0.233 e. The van der Waals surface area contributed by atoms with Gasteiger partial charge in [-0.15, -0.1) is 5.92 Å². The summed E-state index contributed by atoms with van der Waals surface area (Å²) in [5.74, 6) is 7.05. The minimum atomic E-state index is -0.161. The van der Waals surface area contributed by atoms with Gasteiger partial charge in [-0.25, -0.2) is 5.06 Å². The van der Waals surface area contributed by atoms with Gasteiger partial charge in [-0.2, -0.15) is 0 Å². The molecule has 1 atom stereocenters. The molecule has 0 spiro atoms. The fraction of sp³-hybridized carbons (Fsp3) is 0.786. The molecule has 0 aromatic carbocycles. The van der Waals surface area contributed by atoms with Gasteiger partial charge in [0.1, 0.15) is 6.61 Å². The molecule has 114 valence electrons. The molecule has 0 bridgehead atoms. The van der Waals surface area contributed by atoms with Crippen molar-refractivity contribution in [2.45, 2.75) is 32.7 Å². The molecule has 0 radical (unpaired) electrons. The van der Waals surface area contributed by atoms with E-state index in [1.165, 1.54) is 0 Å². The highest BCUT2D eigenvalue weighted by atomic mass is 32.2. The van der Waals surface area contributed by atoms with Crippen LogP contribution in [0.15, 0.2) is 0 Å². The maximum absolute atomic E-state index is 10.4. The topological polar surface area (TPSA) is 53.0 Å². The van der Waals surface area contributed by atoms with Crippen LogP contribution in [-0.4, -0.2) is 59.1 Å². The van der Waals surface area contributed by atoms with Crippen LogP contribution in [0.4, 0.5) is 0 Å². The van der Waals surface area contributed by atoms with Crippen LogP contribution < -0.4 is 0 Å². The Morgan fingerprint density at radius 3 is 2.85 bits per heavy atom. The first kappa shape index (κ1) is 17.3. The lowest BCUT2D eigenvalue weighted by Gasteiger charge is -2.31. The number of carbonyl (C=O) groups excluding carboxylic acids is 1. The quantitative estimate of drug-likeness (QED) is 0.184. The lowest BCUT2D eigenvalue weighted by Crippen LogP contribution is -2.35. The molecule has 1 amide bonds. The molecule has 5 nitrogen and oxygen atoms in total. The number of hydrogen-bond acceptors (Lipinski definition) is 5. The maximum atomic E-state index is 10.4. The molecule has 6 heteroatoms. The summed E-state index contributed by atoms with van der Waals surface area (Å²) in [5.41, 5.74) is 0. The molecule has 1 unspecified atom stereocenters. The fourth-order valence-corrected chi connectivity index (χ4v) is 3.00. The smallest absolute Gasteiger partial charge is 0.233 e. The Kier molecular flexibility index (Phi) is 8.70. The third-order valence-corrected chi connectivity index (χ3v) is 4.70. The predicted octanol–water partition coefficient (Wildman–Crippen LogP) is 1.62. The van der Waals surface area contributed by atoms with Crippen LogP contribution >= 0.6 is 11.9 Å². The summed E-state index contributed by atoms with van der Waals surface area (Å²) >= 11 is 1.69. The van der Waals surface area contributed by atoms with E-state index in [-0.39, 0.29) is 6.04 Å². The van der Waals surface area contributed by atoms with E-state index >= 15 is 0 Å². The van der Waals surface area contributed by atoms with Gasteiger partial charge in [0.05, 0.1) is 12.6 Å². The molecule has 0 aliphatic carbocycles. The number of nitrogens with zero attached hydrogens (tertiary/aromatic N) is 2. The highest BCUT2D eigenvalue weighted by Gasteiger charge is 2.20. The summed E-state index contributed by atoms with van der Waals surface area (Å²) in [6.07, 6.45) is 2.70. The Labute approximate surface area is 125 Å². The second-order valence-corrected chi connectivity index (χ2v) is 6.05. The summed E-state index contributed by atoms with van der Waals surface area (Å²) in [4.78, 5) is 10.4. The normalized spacial score (nSPS) is 18.1. The molecule has 1 saturated heterocycles. The number of hydroxylamine groups is 2. The monoisotopic (exact) mass is 300 g/mol. The molecular weight excluding hydrogens is 276 g/mol. The Morgan fingerprint density at radius 2 is 2.25 bits per heavy atom. The van der Waals surface area contributed by atoms with Gasteiger partial charge < -0.3 is 4.74 Å². The van der Waals surface area contributed by atoms with Gasteiger partial charge in [0.15, 0.2) is 0 Å². The molecule has 1 aliphatic rings.